The molecule has 1 saturated heterocycles. The zero-order valence-electron chi connectivity index (χ0n) is 14.4. The molecule has 1 N–H and O–H groups in total. The molecule has 1 saturated carbocycles. The number of amides is 3. The molecule has 4 atom stereocenters. The highest BCUT2D eigenvalue weighted by Crippen LogP contribution is 2.53. The minimum Gasteiger partial charge on any atom is -0.307 e. The monoisotopic (exact) mass is 359 g/mol. The molecule has 2 aliphatic carbocycles. The molecule has 0 spiro atoms. The number of rotatable bonds is 3. The maximum absolute atomic E-state index is 12.8. The van der Waals surface area contributed by atoms with Crippen LogP contribution in [-0.4, -0.2) is 22.7 Å². The lowest BCUT2D eigenvalue weighted by Crippen LogP contribution is -2.32. The molecule has 0 unspecified atom stereocenters. The van der Waals surface area contributed by atoms with Crippen molar-refractivity contribution in [2.75, 3.05) is 10.2 Å². The molecule has 2 aromatic rings. The third-order valence-electron chi connectivity index (χ3n) is 5.76. The van der Waals surface area contributed by atoms with Crippen molar-refractivity contribution in [3.8, 4) is 0 Å². The van der Waals surface area contributed by atoms with Gasteiger partial charge in [-0.1, -0.05) is 18.2 Å². The third-order valence-corrected chi connectivity index (χ3v) is 5.76. The van der Waals surface area contributed by atoms with Gasteiger partial charge in [-0.2, -0.15) is 0 Å². The number of pyridine rings is 1. The minimum absolute atomic E-state index is 0.118. The first kappa shape index (κ1) is 15.9. The van der Waals surface area contributed by atoms with Gasteiger partial charge in [0, 0.05) is 11.8 Å². The molecule has 3 amide bonds. The van der Waals surface area contributed by atoms with Crippen LogP contribution in [0.2, 0.25) is 0 Å². The van der Waals surface area contributed by atoms with Crippen molar-refractivity contribution in [3.63, 3.8) is 0 Å². The summed E-state index contributed by atoms with van der Waals surface area (Å²) < 4.78 is 0. The molecule has 2 heterocycles. The Kier molecular flexibility index (Phi) is 3.47. The largest absolute Gasteiger partial charge is 0.307 e. The van der Waals surface area contributed by atoms with Crippen LogP contribution in [0.3, 0.4) is 0 Å². The average Bonchev–Trinajstić information content (AvgIpc) is 3.37. The maximum atomic E-state index is 12.8. The number of imide groups is 1. The standard InChI is InChI=1S/C21H17N3O3/c25-19(23-16-3-1-2-10-22-16)12-6-8-15(9-7-12)24-20(26)17-13-4-5-14(11-13)18(17)21(24)27/h1-10,13-14,17-18H,11H2,(H,22,23,25)/t13-,14+,17+,18-. The highest BCUT2D eigenvalue weighted by molar-refractivity contribution is 6.23. The summed E-state index contributed by atoms with van der Waals surface area (Å²) >= 11 is 0. The Hall–Kier alpha value is -3.28. The summed E-state index contributed by atoms with van der Waals surface area (Å²) in [6.45, 7) is 0. The Morgan fingerprint density at radius 2 is 1.63 bits per heavy atom. The van der Waals surface area contributed by atoms with E-state index in [1.807, 2.05) is 0 Å². The summed E-state index contributed by atoms with van der Waals surface area (Å²) in [5, 5.41) is 2.71. The van der Waals surface area contributed by atoms with Crippen LogP contribution in [0.15, 0.2) is 60.8 Å². The number of allylic oxidation sites excluding steroid dienone is 2. The lowest BCUT2D eigenvalue weighted by molar-refractivity contribution is -0.123. The highest BCUT2D eigenvalue weighted by Gasteiger charge is 2.59. The number of aromatic nitrogens is 1. The van der Waals surface area contributed by atoms with Crippen LogP contribution in [0.1, 0.15) is 16.8 Å². The minimum atomic E-state index is -0.293. The predicted octanol–water partition coefficient (Wildman–Crippen LogP) is 2.65. The van der Waals surface area contributed by atoms with E-state index in [-0.39, 0.29) is 41.4 Å². The lowest BCUT2D eigenvalue weighted by atomic mass is 9.85. The summed E-state index contributed by atoms with van der Waals surface area (Å²) in [6, 6.07) is 11.8. The molecule has 0 radical (unpaired) electrons. The fourth-order valence-corrected chi connectivity index (χ4v) is 4.54. The number of nitrogens with one attached hydrogen (secondary N) is 1. The number of benzene rings is 1. The molecule has 134 valence electrons. The van der Waals surface area contributed by atoms with Crippen molar-refractivity contribution in [1.82, 2.24) is 4.98 Å². The maximum Gasteiger partial charge on any atom is 0.256 e. The first-order valence-corrected chi connectivity index (χ1v) is 9.02. The Labute approximate surface area is 155 Å². The van der Waals surface area contributed by atoms with Crippen molar-refractivity contribution in [2.45, 2.75) is 6.42 Å². The van der Waals surface area contributed by atoms with E-state index in [0.29, 0.717) is 17.1 Å². The van der Waals surface area contributed by atoms with Crippen LogP contribution in [0.25, 0.3) is 0 Å². The summed E-state index contributed by atoms with van der Waals surface area (Å²) in [5.74, 6) is -0.139. The quantitative estimate of drug-likeness (QED) is 0.675. The Morgan fingerprint density at radius 1 is 0.963 bits per heavy atom. The first-order valence-electron chi connectivity index (χ1n) is 9.02. The molecule has 1 aliphatic heterocycles. The third kappa shape index (κ3) is 2.40. The van der Waals surface area contributed by atoms with Crippen molar-refractivity contribution in [2.24, 2.45) is 23.7 Å². The van der Waals surface area contributed by atoms with Crippen molar-refractivity contribution in [1.29, 1.82) is 0 Å². The summed E-state index contributed by atoms with van der Waals surface area (Å²) in [5.41, 5.74) is 0.957. The van der Waals surface area contributed by atoms with Gasteiger partial charge in [-0.15, -0.1) is 0 Å². The first-order chi connectivity index (χ1) is 13.1. The average molecular weight is 359 g/mol. The van der Waals surface area contributed by atoms with Gasteiger partial charge in [0.05, 0.1) is 17.5 Å². The van der Waals surface area contributed by atoms with Gasteiger partial charge in [-0.05, 0) is 54.7 Å². The van der Waals surface area contributed by atoms with E-state index in [1.54, 1.807) is 48.7 Å². The number of carbonyl (C=O) groups is 3. The van der Waals surface area contributed by atoms with E-state index in [2.05, 4.69) is 22.5 Å². The SMILES string of the molecule is O=C(Nc1ccccn1)c1ccc(N2C(=O)[C@@H]3[C@H](C2=O)[C@H]2C=C[C@@H]3C2)cc1. The van der Waals surface area contributed by atoms with E-state index in [9.17, 15) is 14.4 Å². The fraction of sp³-hybridized carbons (Fsp3) is 0.238. The Balaban J connectivity index is 1.36. The highest BCUT2D eigenvalue weighted by atomic mass is 16.2. The predicted molar refractivity (Wildman–Crippen MR) is 98.8 cm³/mol. The number of hydrogen-bond donors (Lipinski definition) is 1. The molecular weight excluding hydrogens is 342 g/mol. The van der Waals surface area contributed by atoms with Crippen molar-refractivity contribution in [3.05, 3.63) is 66.4 Å². The normalized spacial score (nSPS) is 27.9. The lowest BCUT2D eigenvalue weighted by Gasteiger charge is -2.17. The molecule has 2 fully saturated rings. The molecule has 6 heteroatoms. The Bertz CT molecular complexity index is 938. The second-order valence-corrected chi connectivity index (χ2v) is 7.23. The van der Waals surface area contributed by atoms with Gasteiger partial charge in [0.25, 0.3) is 5.91 Å². The van der Waals surface area contributed by atoms with Crippen LogP contribution < -0.4 is 10.2 Å². The molecule has 5 rings (SSSR count). The second kappa shape index (κ2) is 5.87. The summed E-state index contributed by atoms with van der Waals surface area (Å²) in [7, 11) is 0. The van der Waals surface area contributed by atoms with Gasteiger partial charge < -0.3 is 5.32 Å². The molecule has 1 aromatic carbocycles. The molecule has 3 aliphatic rings. The van der Waals surface area contributed by atoms with Gasteiger partial charge in [0.2, 0.25) is 11.8 Å². The van der Waals surface area contributed by atoms with Crippen LogP contribution >= 0.6 is 0 Å². The number of fused-ring (bicyclic) bond motifs is 5. The van der Waals surface area contributed by atoms with Gasteiger partial charge in [0.1, 0.15) is 5.82 Å². The van der Waals surface area contributed by atoms with E-state index in [0.717, 1.165) is 6.42 Å². The van der Waals surface area contributed by atoms with E-state index < -0.39 is 0 Å². The van der Waals surface area contributed by atoms with Crippen LogP contribution in [-0.2, 0) is 9.59 Å². The van der Waals surface area contributed by atoms with Crippen LogP contribution in [0.4, 0.5) is 11.5 Å². The van der Waals surface area contributed by atoms with E-state index in [1.165, 1.54) is 4.90 Å². The van der Waals surface area contributed by atoms with Gasteiger partial charge in [-0.3, -0.25) is 19.3 Å². The van der Waals surface area contributed by atoms with Gasteiger partial charge in [0.15, 0.2) is 0 Å². The second-order valence-electron chi connectivity index (χ2n) is 7.23. The number of nitrogens with zero attached hydrogens (tertiary/aromatic N) is 2. The number of carbonyl (C=O) groups excluding carboxylic acids is 3. The van der Waals surface area contributed by atoms with Gasteiger partial charge >= 0.3 is 0 Å². The van der Waals surface area contributed by atoms with Crippen molar-refractivity contribution < 1.29 is 14.4 Å². The summed E-state index contributed by atoms with van der Waals surface area (Å²) in [4.78, 5) is 43.3. The smallest absolute Gasteiger partial charge is 0.256 e. The molecular formula is C21H17N3O3. The molecule has 2 bridgehead atoms. The topological polar surface area (TPSA) is 79.4 Å². The number of hydrogen-bond acceptors (Lipinski definition) is 4. The summed E-state index contributed by atoms with van der Waals surface area (Å²) in [6.07, 6.45) is 6.66. The van der Waals surface area contributed by atoms with Crippen molar-refractivity contribution >= 4 is 29.2 Å². The molecule has 6 nitrogen and oxygen atoms in total. The van der Waals surface area contributed by atoms with E-state index in [4.69, 9.17) is 0 Å². The number of anilines is 2. The Morgan fingerprint density at radius 3 is 2.22 bits per heavy atom. The van der Waals surface area contributed by atoms with Crippen LogP contribution in [0.5, 0.6) is 0 Å². The molecule has 1 aromatic heterocycles. The zero-order valence-corrected chi connectivity index (χ0v) is 14.4. The molecule has 27 heavy (non-hydrogen) atoms. The van der Waals surface area contributed by atoms with E-state index >= 15 is 0 Å². The fourth-order valence-electron chi connectivity index (χ4n) is 4.54. The van der Waals surface area contributed by atoms with Crippen LogP contribution in [0, 0.1) is 23.7 Å². The van der Waals surface area contributed by atoms with Gasteiger partial charge in [-0.25, -0.2) is 4.98 Å². The zero-order chi connectivity index (χ0) is 18.5.